The molecule has 0 aromatic heterocycles. The lowest BCUT2D eigenvalue weighted by Gasteiger charge is -2.19. The topological polar surface area (TPSA) is 49.3 Å². The minimum Gasteiger partial charge on any atom is -0.508 e. The zero-order valence-corrected chi connectivity index (χ0v) is 12.3. The van der Waals surface area contributed by atoms with Gasteiger partial charge in [0.05, 0.1) is 5.69 Å². The molecule has 21 heavy (non-hydrogen) atoms. The van der Waals surface area contributed by atoms with Crippen molar-refractivity contribution in [3.8, 4) is 5.75 Å². The van der Waals surface area contributed by atoms with Crippen molar-refractivity contribution >= 4 is 11.6 Å². The van der Waals surface area contributed by atoms with Crippen molar-refractivity contribution in [1.29, 1.82) is 0 Å². The van der Waals surface area contributed by atoms with Crippen LogP contribution >= 0.6 is 0 Å². The van der Waals surface area contributed by atoms with Gasteiger partial charge >= 0.3 is 0 Å². The Balaban J connectivity index is 2.17. The molecule has 0 saturated heterocycles. The standard InChI is InChI=1S/C17H18FNO2/c1-17(2,3)12-6-4-11(5-7-12)16(21)19-15-9-8-13(20)10-14(15)18/h4-10,20H,1-3H3,(H,19,21). The Labute approximate surface area is 123 Å². The Morgan fingerprint density at radius 1 is 1.10 bits per heavy atom. The Hall–Kier alpha value is -2.36. The maximum atomic E-state index is 13.6. The van der Waals surface area contributed by atoms with Crippen LogP contribution in [-0.2, 0) is 5.41 Å². The number of carbonyl (C=O) groups excluding carboxylic acids is 1. The smallest absolute Gasteiger partial charge is 0.255 e. The van der Waals surface area contributed by atoms with Crippen molar-refractivity contribution in [2.24, 2.45) is 0 Å². The highest BCUT2D eigenvalue weighted by molar-refractivity contribution is 6.04. The molecule has 0 radical (unpaired) electrons. The van der Waals surface area contributed by atoms with Crippen LogP contribution in [0, 0.1) is 5.82 Å². The van der Waals surface area contributed by atoms with E-state index >= 15 is 0 Å². The molecule has 2 aromatic rings. The summed E-state index contributed by atoms with van der Waals surface area (Å²) in [6.45, 7) is 6.27. The van der Waals surface area contributed by atoms with Crippen LogP contribution in [0.15, 0.2) is 42.5 Å². The Kier molecular flexibility index (Phi) is 3.98. The number of anilines is 1. The van der Waals surface area contributed by atoms with E-state index in [1.807, 2.05) is 12.1 Å². The third-order valence-electron chi connectivity index (χ3n) is 3.21. The number of halogens is 1. The quantitative estimate of drug-likeness (QED) is 0.818. The van der Waals surface area contributed by atoms with Crippen molar-refractivity contribution in [2.75, 3.05) is 5.32 Å². The van der Waals surface area contributed by atoms with Crippen LogP contribution in [0.1, 0.15) is 36.7 Å². The van der Waals surface area contributed by atoms with Gasteiger partial charge in [-0.3, -0.25) is 4.79 Å². The first-order valence-electron chi connectivity index (χ1n) is 6.68. The second-order valence-electron chi connectivity index (χ2n) is 5.95. The summed E-state index contributed by atoms with van der Waals surface area (Å²) in [6, 6.07) is 10.8. The fraction of sp³-hybridized carbons (Fsp3) is 0.235. The zero-order valence-electron chi connectivity index (χ0n) is 12.3. The van der Waals surface area contributed by atoms with E-state index in [1.165, 1.54) is 12.1 Å². The molecule has 2 rings (SSSR count). The summed E-state index contributed by atoms with van der Waals surface area (Å²) in [4.78, 5) is 12.1. The van der Waals surface area contributed by atoms with Crippen LogP contribution in [0.5, 0.6) is 5.75 Å². The van der Waals surface area contributed by atoms with E-state index in [4.69, 9.17) is 5.11 Å². The van der Waals surface area contributed by atoms with Crippen LogP contribution in [-0.4, -0.2) is 11.0 Å². The van der Waals surface area contributed by atoms with Gasteiger partial charge in [-0.1, -0.05) is 32.9 Å². The first-order valence-corrected chi connectivity index (χ1v) is 6.68. The monoisotopic (exact) mass is 287 g/mol. The van der Waals surface area contributed by atoms with E-state index in [2.05, 4.69) is 26.1 Å². The predicted molar refractivity (Wildman–Crippen MR) is 81.2 cm³/mol. The molecule has 0 heterocycles. The molecule has 0 fully saturated rings. The third kappa shape index (κ3) is 3.60. The molecule has 0 aliphatic rings. The lowest BCUT2D eigenvalue weighted by Crippen LogP contribution is -2.15. The van der Waals surface area contributed by atoms with Crippen LogP contribution in [0.4, 0.5) is 10.1 Å². The molecule has 2 N–H and O–H groups in total. The van der Waals surface area contributed by atoms with Gasteiger partial charge in [0.1, 0.15) is 11.6 Å². The molecular weight excluding hydrogens is 269 g/mol. The van der Waals surface area contributed by atoms with Gasteiger partial charge in [-0.2, -0.15) is 0 Å². The Morgan fingerprint density at radius 3 is 2.24 bits per heavy atom. The summed E-state index contributed by atoms with van der Waals surface area (Å²) in [7, 11) is 0. The number of hydrogen-bond donors (Lipinski definition) is 2. The van der Waals surface area contributed by atoms with Gasteiger partial charge in [0.15, 0.2) is 0 Å². The highest BCUT2D eigenvalue weighted by Gasteiger charge is 2.15. The number of phenols is 1. The van der Waals surface area contributed by atoms with Crippen molar-refractivity contribution in [3.05, 3.63) is 59.4 Å². The molecule has 0 spiro atoms. The van der Waals surface area contributed by atoms with Crippen LogP contribution < -0.4 is 5.32 Å². The number of amides is 1. The van der Waals surface area contributed by atoms with Crippen molar-refractivity contribution in [3.63, 3.8) is 0 Å². The number of benzene rings is 2. The first-order chi connectivity index (χ1) is 9.77. The van der Waals surface area contributed by atoms with Crippen LogP contribution in [0.25, 0.3) is 0 Å². The minimum absolute atomic E-state index is 0.0120. The second-order valence-corrected chi connectivity index (χ2v) is 5.95. The van der Waals surface area contributed by atoms with E-state index in [0.717, 1.165) is 11.6 Å². The zero-order chi connectivity index (χ0) is 15.6. The van der Waals surface area contributed by atoms with Gasteiger partial charge in [-0.05, 0) is 35.2 Å². The largest absolute Gasteiger partial charge is 0.508 e. The molecule has 0 atom stereocenters. The number of hydrogen-bond acceptors (Lipinski definition) is 2. The summed E-state index contributed by atoms with van der Waals surface area (Å²) >= 11 is 0. The first kappa shape index (κ1) is 15.0. The molecule has 2 aromatic carbocycles. The molecule has 1 amide bonds. The third-order valence-corrected chi connectivity index (χ3v) is 3.21. The summed E-state index contributed by atoms with van der Waals surface area (Å²) in [5, 5.41) is 11.6. The predicted octanol–water partition coefficient (Wildman–Crippen LogP) is 4.08. The van der Waals surface area contributed by atoms with Gasteiger partial charge in [0.25, 0.3) is 5.91 Å². The molecule has 0 saturated carbocycles. The average molecular weight is 287 g/mol. The molecular formula is C17H18FNO2. The van der Waals surface area contributed by atoms with Crippen molar-refractivity contribution in [1.82, 2.24) is 0 Å². The highest BCUT2D eigenvalue weighted by atomic mass is 19.1. The van der Waals surface area contributed by atoms with Crippen molar-refractivity contribution < 1.29 is 14.3 Å². The maximum Gasteiger partial charge on any atom is 0.255 e. The molecule has 0 bridgehead atoms. The number of aromatic hydroxyl groups is 1. The van der Waals surface area contributed by atoms with Gasteiger partial charge in [0, 0.05) is 11.6 Å². The van der Waals surface area contributed by atoms with Crippen LogP contribution in [0.2, 0.25) is 0 Å². The average Bonchev–Trinajstić information content (AvgIpc) is 2.41. The van der Waals surface area contributed by atoms with Gasteiger partial charge in [0.2, 0.25) is 0 Å². The second kappa shape index (κ2) is 5.56. The van der Waals surface area contributed by atoms with E-state index in [9.17, 15) is 9.18 Å². The Morgan fingerprint density at radius 2 is 1.71 bits per heavy atom. The minimum atomic E-state index is -0.672. The maximum absolute atomic E-state index is 13.6. The molecule has 0 aliphatic heterocycles. The van der Waals surface area contributed by atoms with Crippen LogP contribution in [0.3, 0.4) is 0 Å². The fourth-order valence-corrected chi connectivity index (χ4v) is 1.92. The van der Waals surface area contributed by atoms with E-state index in [-0.39, 0.29) is 22.8 Å². The van der Waals surface area contributed by atoms with E-state index < -0.39 is 5.82 Å². The number of rotatable bonds is 2. The number of nitrogens with one attached hydrogen (secondary N) is 1. The summed E-state index contributed by atoms with van der Waals surface area (Å²) in [5.41, 5.74) is 1.63. The molecule has 3 nitrogen and oxygen atoms in total. The van der Waals surface area contributed by atoms with Crippen molar-refractivity contribution in [2.45, 2.75) is 26.2 Å². The number of phenolic OH excluding ortho intramolecular Hbond substituents is 1. The highest BCUT2D eigenvalue weighted by Crippen LogP contribution is 2.23. The summed E-state index contributed by atoms with van der Waals surface area (Å²) in [6.07, 6.45) is 0. The van der Waals surface area contributed by atoms with Gasteiger partial charge in [-0.25, -0.2) is 4.39 Å². The van der Waals surface area contributed by atoms with Gasteiger partial charge < -0.3 is 10.4 Å². The normalized spacial score (nSPS) is 11.2. The summed E-state index contributed by atoms with van der Waals surface area (Å²) < 4.78 is 13.6. The molecule has 0 unspecified atom stereocenters. The summed E-state index contributed by atoms with van der Waals surface area (Å²) in [5.74, 6) is -1.24. The lowest BCUT2D eigenvalue weighted by atomic mass is 9.87. The Bertz CT molecular complexity index is 657. The molecule has 4 heteroatoms. The fourth-order valence-electron chi connectivity index (χ4n) is 1.92. The molecule has 0 aliphatic carbocycles. The molecule has 110 valence electrons. The van der Waals surface area contributed by atoms with E-state index in [0.29, 0.717) is 5.56 Å². The SMILES string of the molecule is CC(C)(C)c1ccc(C(=O)Nc2ccc(O)cc2F)cc1. The number of carbonyl (C=O) groups is 1. The van der Waals surface area contributed by atoms with E-state index in [1.54, 1.807) is 12.1 Å². The van der Waals surface area contributed by atoms with Gasteiger partial charge in [-0.15, -0.1) is 0 Å². The lowest BCUT2D eigenvalue weighted by molar-refractivity contribution is 0.102.